The molecule has 0 radical (unpaired) electrons. The summed E-state index contributed by atoms with van der Waals surface area (Å²) in [5.74, 6) is 0.439. The third-order valence-electron chi connectivity index (χ3n) is 2.84. The van der Waals surface area contributed by atoms with E-state index in [1.807, 2.05) is 31.2 Å². The summed E-state index contributed by atoms with van der Waals surface area (Å²) in [4.78, 5) is 14.2. The van der Waals surface area contributed by atoms with Gasteiger partial charge >= 0.3 is 0 Å². The molecular formula is C14H20N2OS. The summed E-state index contributed by atoms with van der Waals surface area (Å²) in [6, 6.07) is 7.71. The second kappa shape index (κ2) is 6.50. The highest BCUT2D eigenvalue weighted by Crippen LogP contribution is 2.15. The van der Waals surface area contributed by atoms with Crippen LogP contribution in [0.3, 0.4) is 0 Å². The van der Waals surface area contributed by atoms with Crippen LogP contribution in [0.2, 0.25) is 0 Å². The maximum atomic E-state index is 12.2. The zero-order chi connectivity index (χ0) is 13.7. The van der Waals surface area contributed by atoms with Gasteiger partial charge in [0, 0.05) is 12.1 Å². The van der Waals surface area contributed by atoms with E-state index < -0.39 is 0 Å². The summed E-state index contributed by atoms with van der Waals surface area (Å²) in [6.07, 6.45) is 0. The molecule has 1 rings (SSSR count). The average molecular weight is 264 g/mol. The number of carbonyl (C=O) groups excluding carboxylic acids is 1. The van der Waals surface area contributed by atoms with E-state index in [2.05, 4.69) is 13.8 Å². The van der Waals surface area contributed by atoms with Crippen molar-refractivity contribution in [2.24, 2.45) is 5.73 Å². The lowest BCUT2D eigenvalue weighted by Crippen LogP contribution is -2.37. The lowest BCUT2D eigenvalue weighted by atomic mass is 10.0. The number of rotatable bonds is 5. The van der Waals surface area contributed by atoms with Gasteiger partial charge in [0.25, 0.3) is 5.91 Å². The highest BCUT2D eigenvalue weighted by molar-refractivity contribution is 7.80. The number of carbonyl (C=O) groups is 1. The van der Waals surface area contributed by atoms with Crippen molar-refractivity contribution in [3.63, 3.8) is 0 Å². The van der Waals surface area contributed by atoms with Crippen LogP contribution >= 0.6 is 12.2 Å². The first-order valence-electron chi connectivity index (χ1n) is 6.13. The van der Waals surface area contributed by atoms with Crippen molar-refractivity contribution < 1.29 is 4.79 Å². The Morgan fingerprint density at radius 1 is 1.33 bits per heavy atom. The normalized spacial score (nSPS) is 10.4. The highest BCUT2D eigenvalue weighted by atomic mass is 32.1. The molecule has 0 aromatic heterocycles. The third-order valence-corrected chi connectivity index (χ3v) is 2.97. The van der Waals surface area contributed by atoms with Gasteiger partial charge in [0.15, 0.2) is 0 Å². The van der Waals surface area contributed by atoms with E-state index >= 15 is 0 Å². The van der Waals surface area contributed by atoms with Crippen LogP contribution in [0.25, 0.3) is 0 Å². The molecule has 4 heteroatoms. The van der Waals surface area contributed by atoms with Gasteiger partial charge in [-0.3, -0.25) is 4.79 Å². The van der Waals surface area contributed by atoms with Crippen molar-refractivity contribution in [1.82, 2.24) is 4.90 Å². The molecule has 0 bridgehead atoms. The first kappa shape index (κ1) is 14.6. The number of likely N-dealkylation sites (N-methyl/N-ethyl adjacent to an activating group) is 1. The average Bonchev–Trinajstić information content (AvgIpc) is 2.35. The Morgan fingerprint density at radius 3 is 2.28 bits per heavy atom. The molecule has 0 heterocycles. The lowest BCUT2D eigenvalue weighted by molar-refractivity contribution is 0.0788. The summed E-state index contributed by atoms with van der Waals surface area (Å²) in [6.45, 7) is 7.10. The molecule has 0 spiro atoms. The quantitative estimate of drug-likeness (QED) is 0.831. The van der Waals surface area contributed by atoms with Crippen molar-refractivity contribution in [2.45, 2.75) is 26.7 Å². The molecule has 98 valence electrons. The lowest BCUT2D eigenvalue weighted by Gasteiger charge is -2.20. The van der Waals surface area contributed by atoms with Crippen LogP contribution in [0, 0.1) is 0 Å². The molecule has 1 amide bonds. The van der Waals surface area contributed by atoms with E-state index in [0.717, 1.165) is 0 Å². The van der Waals surface area contributed by atoms with Crippen LogP contribution < -0.4 is 5.73 Å². The van der Waals surface area contributed by atoms with Crippen LogP contribution in [-0.4, -0.2) is 28.9 Å². The van der Waals surface area contributed by atoms with Gasteiger partial charge in [0.1, 0.15) is 0 Å². The fourth-order valence-corrected chi connectivity index (χ4v) is 1.86. The molecule has 2 N–H and O–H groups in total. The van der Waals surface area contributed by atoms with Crippen LogP contribution in [0.1, 0.15) is 42.6 Å². The standard InChI is InChI=1S/C14H20N2OS/c1-4-16(9-13(15)18)14(17)12-7-5-11(6-8-12)10(2)3/h5-8,10H,4,9H2,1-3H3,(H2,15,18). The molecule has 3 nitrogen and oxygen atoms in total. The first-order chi connectivity index (χ1) is 8.45. The summed E-state index contributed by atoms with van der Waals surface area (Å²) >= 11 is 4.85. The maximum Gasteiger partial charge on any atom is 0.254 e. The van der Waals surface area contributed by atoms with Gasteiger partial charge in [-0.2, -0.15) is 0 Å². The molecule has 1 aromatic carbocycles. The Hall–Kier alpha value is -1.42. The zero-order valence-corrected chi connectivity index (χ0v) is 12.0. The monoisotopic (exact) mass is 264 g/mol. The number of amides is 1. The van der Waals surface area contributed by atoms with Crippen molar-refractivity contribution in [3.05, 3.63) is 35.4 Å². The van der Waals surface area contributed by atoms with Crippen LogP contribution in [0.4, 0.5) is 0 Å². The largest absolute Gasteiger partial charge is 0.392 e. The van der Waals surface area contributed by atoms with E-state index in [0.29, 0.717) is 29.6 Å². The van der Waals surface area contributed by atoms with Gasteiger partial charge < -0.3 is 10.6 Å². The molecule has 0 aliphatic rings. The molecule has 1 aromatic rings. The number of hydrogen-bond acceptors (Lipinski definition) is 2. The maximum absolute atomic E-state index is 12.2. The molecule has 0 aliphatic heterocycles. The minimum Gasteiger partial charge on any atom is -0.392 e. The minimum absolute atomic E-state index is 0.0272. The predicted molar refractivity (Wildman–Crippen MR) is 78.9 cm³/mol. The van der Waals surface area contributed by atoms with Crippen molar-refractivity contribution in [3.8, 4) is 0 Å². The first-order valence-corrected chi connectivity index (χ1v) is 6.54. The highest BCUT2D eigenvalue weighted by Gasteiger charge is 2.14. The molecule has 18 heavy (non-hydrogen) atoms. The number of nitrogens with two attached hydrogens (primary N) is 1. The van der Waals surface area contributed by atoms with Gasteiger partial charge in [0.2, 0.25) is 0 Å². The molecular weight excluding hydrogens is 244 g/mol. The summed E-state index contributed by atoms with van der Waals surface area (Å²) < 4.78 is 0. The SMILES string of the molecule is CCN(CC(N)=S)C(=O)c1ccc(C(C)C)cc1. The molecule has 0 unspecified atom stereocenters. The second-order valence-corrected chi connectivity index (χ2v) is 5.09. The topological polar surface area (TPSA) is 46.3 Å². The predicted octanol–water partition coefficient (Wildman–Crippen LogP) is 2.56. The molecule has 0 saturated heterocycles. The van der Waals surface area contributed by atoms with Crippen molar-refractivity contribution in [1.29, 1.82) is 0 Å². The van der Waals surface area contributed by atoms with Gasteiger partial charge in [-0.15, -0.1) is 0 Å². The zero-order valence-electron chi connectivity index (χ0n) is 11.1. The van der Waals surface area contributed by atoms with E-state index in [1.165, 1.54) is 5.56 Å². The summed E-state index contributed by atoms with van der Waals surface area (Å²) in [5, 5.41) is 0. The van der Waals surface area contributed by atoms with Gasteiger partial charge in [-0.25, -0.2) is 0 Å². The molecule has 0 saturated carbocycles. The van der Waals surface area contributed by atoms with E-state index in [-0.39, 0.29) is 5.91 Å². The Morgan fingerprint density at radius 2 is 1.89 bits per heavy atom. The van der Waals surface area contributed by atoms with E-state index in [1.54, 1.807) is 4.90 Å². The second-order valence-electron chi connectivity index (χ2n) is 4.56. The third kappa shape index (κ3) is 3.81. The number of nitrogens with zero attached hydrogens (tertiary/aromatic N) is 1. The number of benzene rings is 1. The summed E-state index contributed by atoms with van der Waals surface area (Å²) in [5.41, 5.74) is 7.39. The number of thiocarbonyl (C=S) groups is 1. The van der Waals surface area contributed by atoms with Crippen molar-refractivity contribution >= 4 is 23.1 Å². The fraction of sp³-hybridized carbons (Fsp3) is 0.429. The Kier molecular flexibility index (Phi) is 5.28. The smallest absolute Gasteiger partial charge is 0.254 e. The Labute approximate surface area is 114 Å². The summed E-state index contributed by atoms with van der Waals surface area (Å²) in [7, 11) is 0. The van der Waals surface area contributed by atoms with Crippen LogP contribution in [0.15, 0.2) is 24.3 Å². The van der Waals surface area contributed by atoms with Crippen LogP contribution in [0.5, 0.6) is 0 Å². The van der Waals surface area contributed by atoms with Gasteiger partial charge in [-0.1, -0.05) is 38.2 Å². The fourth-order valence-electron chi connectivity index (χ4n) is 1.71. The molecule has 0 atom stereocenters. The molecule has 0 fully saturated rings. The van der Waals surface area contributed by atoms with Gasteiger partial charge in [0.05, 0.1) is 11.5 Å². The van der Waals surface area contributed by atoms with Crippen LogP contribution in [-0.2, 0) is 0 Å². The van der Waals surface area contributed by atoms with E-state index in [9.17, 15) is 4.79 Å². The number of hydrogen-bond donors (Lipinski definition) is 1. The Bertz CT molecular complexity index is 426. The van der Waals surface area contributed by atoms with Crippen molar-refractivity contribution in [2.75, 3.05) is 13.1 Å². The molecule has 0 aliphatic carbocycles. The Balaban J connectivity index is 2.85. The van der Waals surface area contributed by atoms with Gasteiger partial charge in [-0.05, 0) is 30.5 Å². The minimum atomic E-state index is -0.0272. The van der Waals surface area contributed by atoms with E-state index in [4.69, 9.17) is 18.0 Å².